The Morgan fingerprint density at radius 3 is 3.25 bits per heavy atom. The van der Waals surface area contributed by atoms with Crippen molar-refractivity contribution in [1.82, 2.24) is 4.98 Å². The molecule has 0 unspecified atom stereocenters. The van der Waals surface area contributed by atoms with Crippen LogP contribution in [0.1, 0.15) is 5.69 Å². The van der Waals surface area contributed by atoms with Gasteiger partial charge in [-0.3, -0.25) is 0 Å². The van der Waals surface area contributed by atoms with Crippen molar-refractivity contribution < 1.29 is 4.74 Å². The highest BCUT2D eigenvalue weighted by Crippen LogP contribution is 2.14. The molecule has 1 aromatic carbocycles. The summed E-state index contributed by atoms with van der Waals surface area (Å²) in [6.07, 6.45) is 0. The van der Waals surface area contributed by atoms with Crippen LogP contribution in [0.15, 0.2) is 24.3 Å². The Morgan fingerprint density at radius 2 is 2.50 bits per heavy atom. The van der Waals surface area contributed by atoms with E-state index >= 15 is 0 Å². The first-order valence-electron chi connectivity index (χ1n) is 3.87. The molecule has 2 nitrogen and oxygen atoms in total. The smallest absolute Gasteiger partial charge is 0.0862 e. The highest BCUT2D eigenvalue weighted by Gasteiger charge is 1.97. The number of aromatic nitrogens is 1. The molecule has 2 rings (SSSR count). The molecule has 1 heterocycles. The van der Waals surface area contributed by atoms with E-state index in [0.717, 1.165) is 11.2 Å². The highest BCUT2D eigenvalue weighted by molar-refractivity contribution is 5.79. The van der Waals surface area contributed by atoms with Crippen LogP contribution in [-0.4, -0.2) is 12.1 Å². The Labute approximate surface area is 71.2 Å². The average molecular weight is 160 g/mol. The Hall–Kier alpha value is -1.28. The summed E-state index contributed by atoms with van der Waals surface area (Å²) in [4.78, 5) is 3.24. The van der Waals surface area contributed by atoms with Gasteiger partial charge in [0.2, 0.25) is 0 Å². The minimum Gasteiger partial charge on any atom is -0.378 e. The molecule has 0 aliphatic heterocycles. The first-order chi connectivity index (χ1) is 5.90. The van der Waals surface area contributed by atoms with E-state index in [-0.39, 0.29) is 0 Å². The molecule has 0 atom stereocenters. The number of rotatable bonds is 2. The van der Waals surface area contributed by atoms with Crippen LogP contribution in [0.2, 0.25) is 0 Å². The van der Waals surface area contributed by atoms with E-state index in [9.17, 15) is 0 Å². The third-order valence-corrected chi connectivity index (χ3v) is 1.82. The van der Waals surface area contributed by atoms with Gasteiger partial charge in [0.1, 0.15) is 0 Å². The van der Waals surface area contributed by atoms with Crippen molar-refractivity contribution in [2.24, 2.45) is 0 Å². The molecule has 0 fully saturated rings. The van der Waals surface area contributed by atoms with E-state index in [1.54, 1.807) is 7.11 Å². The molecular formula is C10H10NO. The van der Waals surface area contributed by atoms with Crippen LogP contribution in [0.3, 0.4) is 0 Å². The van der Waals surface area contributed by atoms with Gasteiger partial charge in [0.15, 0.2) is 0 Å². The van der Waals surface area contributed by atoms with Gasteiger partial charge in [0.05, 0.1) is 6.61 Å². The molecule has 0 saturated heterocycles. The minimum absolute atomic E-state index is 0.634. The zero-order valence-electron chi connectivity index (χ0n) is 6.92. The van der Waals surface area contributed by atoms with Gasteiger partial charge < -0.3 is 9.72 Å². The summed E-state index contributed by atoms with van der Waals surface area (Å²) in [5, 5.41) is 1.21. The van der Waals surface area contributed by atoms with E-state index < -0.39 is 0 Å². The predicted octanol–water partition coefficient (Wildman–Crippen LogP) is 2.11. The van der Waals surface area contributed by atoms with E-state index in [2.05, 4.69) is 17.1 Å². The fraction of sp³-hybridized carbons (Fsp3) is 0.200. The molecule has 12 heavy (non-hydrogen) atoms. The van der Waals surface area contributed by atoms with Gasteiger partial charge in [0, 0.05) is 18.3 Å². The summed E-state index contributed by atoms with van der Waals surface area (Å²) in [7, 11) is 1.69. The van der Waals surface area contributed by atoms with Gasteiger partial charge in [0.25, 0.3) is 0 Å². The van der Waals surface area contributed by atoms with E-state index in [1.165, 1.54) is 5.39 Å². The maximum atomic E-state index is 5.02. The van der Waals surface area contributed by atoms with Gasteiger partial charge in [-0.25, -0.2) is 0 Å². The van der Waals surface area contributed by atoms with Gasteiger partial charge in [-0.1, -0.05) is 12.1 Å². The topological polar surface area (TPSA) is 25.0 Å². The fourth-order valence-electron chi connectivity index (χ4n) is 1.31. The Bertz CT molecular complexity index is 345. The van der Waals surface area contributed by atoms with Crippen LogP contribution in [0, 0.1) is 6.07 Å². The molecule has 2 aromatic rings. The second-order valence-electron chi connectivity index (χ2n) is 2.74. The Morgan fingerprint density at radius 1 is 1.58 bits per heavy atom. The van der Waals surface area contributed by atoms with Crippen LogP contribution >= 0.6 is 0 Å². The van der Waals surface area contributed by atoms with Crippen LogP contribution in [0.4, 0.5) is 0 Å². The maximum absolute atomic E-state index is 5.02. The summed E-state index contributed by atoms with van der Waals surface area (Å²) >= 11 is 0. The molecule has 61 valence electrons. The van der Waals surface area contributed by atoms with Gasteiger partial charge in [-0.2, -0.15) is 0 Å². The highest BCUT2D eigenvalue weighted by atomic mass is 16.5. The molecule has 2 heteroatoms. The van der Waals surface area contributed by atoms with Crippen molar-refractivity contribution in [2.45, 2.75) is 6.61 Å². The van der Waals surface area contributed by atoms with Crippen molar-refractivity contribution in [3.05, 3.63) is 36.0 Å². The number of hydrogen-bond donors (Lipinski definition) is 1. The standard InChI is InChI=1S/C10H10NO/c1-12-7-9-6-8-4-2-3-5-10(8)11-9/h2,4-6,11H,7H2,1H3. The number of fused-ring (bicyclic) bond motifs is 1. The second-order valence-corrected chi connectivity index (χ2v) is 2.74. The zero-order chi connectivity index (χ0) is 8.39. The first-order valence-corrected chi connectivity index (χ1v) is 3.87. The third-order valence-electron chi connectivity index (χ3n) is 1.82. The molecule has 1 radical (unpaired) electrons. The molecule has 0 amide bonds. The predicted molar refractivity (Wildman–Crippen MR) is 47.8 cm³/mol. The van der Waals surface area contributed by atoms with Gasteiger partial charge in [-0.05, 0) is 23.6 Å². The van der Waals surface area contributed by atoms with Crippen molar-refractivity contribution in [3.8, 4) is 0 Å². The number of aromatic amines is 1. The number of benzene rings is 1. The number of H-pyrrole nitrogens is 1. The van der Waals surface area contributed by atoms with Gasteiger partial charge in [-0.15, -0.1) is 0 Å². The molecular weight excluding hydrogens is 150 g/mol. The quantitative estimate of drug-likeness (QED) is 0.715. The molecule has 1 aromatic heterocycles. The van der Waals surface area contributed by atoms with E-state index in [0.29, 0.717) is 6.61 Å². The summed E-state index contributed by atoms with van der Waals surface area (Å²) in [6.45, 7) is 0.634. The van der Waals surface area contributed by atoms with Gasteiger partial charge >= 0.3 is 0 Å². The SMILES string of the molecule is COCc1cc2cc[c]cc2[nH]1. The molecule has 0 bridgehead atoms. The van der Waals surface area contributed by atoms with E-state index in [1.807, 2.05) is 18.2 Å². The van der Waals surface area contributed by atoms with E-state index in [4.69, 9.17) is 4.74 Å². The monoisotopic (exact) mass is 160 g/mol. The first kappa shape index (κ1) is 7.37. The Balaban J connectivity index is 2.47. The lowest BCUT2D eigenvalue weighted by molar-refractivity contribution is 0.182. The lowest BCUT2D eigenvalue weighted by Crippen LogP contribution is -1.85. The van der Waals surface area contributed by atoms with Crippen LogP contribution in [-0.2, 0) is 11.3 Å². The largest absolute Gasteiger partial charge is 0.378 e. The van der Waals surface area contributed by atoms with Crippen LogP contribution in [0.25, 0.3) is 10.9 Å². The number of methoxy groups -OCH3 is 1. The Kier molecular flexibility index (Phi) is 1.84. The lowest BCUT2D eigenvalue weighted by Gasteiger charge is -1.91. The molecule has 0 aliphatic carbocycles. The minimum atomic E-state index is 0.634. The molecule has 0 aliphatic rings. The summed E-state index contributed by atoms with van der Waals surface area (Å²) in [5.74, 6) is 0. The number of nitrogens with one attached hydrogen (secondary N) is 1. The van der Waals surface area contributed by atoms with Crippen molar-refractivity contribution in [3.63, 3.8) is 0 Å². The summed E-state index contributed by atoms with van der Waals surface area (Å²) in [5.41, 5.74) is 2.22. The zero-order valence-corrected chi connectivity index (χ0v) is 6.92. The number of ether oxygens (including phenoxy) is 1. The molecule has 1 N–H and O–H groups in total. The van der Waals surface area contributed by atoms with Crippen LogP contribution in [0.5, 0.6) is 0 Å². The molecule has 0 saturated carbocycles. The van der Waals surface area contributed by atoms with Crippen molar-refractivity contribution in [2.75, 3.05) is 7.11 Å². The average Bonchev–Trinajstić information content (AvgIpc) is 2.47. The summed E-state index contributed by atoms with van der Waals surface area (Å²) < 4.78 is 5.02. The van der Waals surface area contributed by atoms with Crippen molar-refractivity contribution >= 4 is 10.9 Å². The normalized spacial score (nSPS) is 10.8. The third kappa shape index (κ3) is 1.21. The molecule has 0 spiro atoms. The van der Waals surface area contributed by atoms with Crippen molar-refractivity contribution in [1.29, 1.82) is 0 Å². The number of hydrogen-bond acceptors (Lipinski definition) is 1. The second kappa shape index (κ2) is 2.99. The lowest BCUT2D eigenvalue weighted by atomic mass is 10.2. The maximum Gasteiger partial charge on any atom is 0.0862 e. The fourth-order valence-corrected chi connectivity index (χ4v) is 1.31. The summed E-state index contributed by atoms with van der Waals surface area (Å²) in [6, 6.07) is 11.0. The van der Waals surface area contributed by atoms with Crippen LogP contribution < -0.4 is 0 Å².